The lowest BCUT2D eigenvalue weighted by atomic mass is 10.0. The fourth-order valence-electron chi connectivity index (χ4n) is 3.99. The van der Waals surface area contributed by atoms with Crippen molar-refractivity contribution in [3.8, 4) is 17.0 Å². The summed E-state index contributed by atoms with van der Waals surface area (Å²) < 4.78 is 37.2. The van der Waals surface area contributed by atoms with Gasteiger partial charge in [0.15, 0.2) is 5.60 Å². The molecule has 1 aliphatic rings. The maximum Gasteiger partial charge on any atom is 0.347 e. The number of carboxylic acid groups (broad SMARTS) is 1. The minimum Gasteiger partial charge on any atom is -0.478 e. The summed E-state index contributed by atoms with van der Waals surface area (Å²) in [6.07, 6.45) is 1.74. The highest BCUT2D eigenvalue weighted by Gasteiger charge is 2.29. The van der Waals surface area contributed by atoms with E-state index in [9.17, 15) is 18.7 Å². The molecule has 0 saturated heterocycles. The molecule has 0 spiro atoms. The predicted molar refractivity (Wildman–Crippen MR) is 129 cm³/mol. The lowest BCUT2D eigenvalue weighted by molar-refractivity contribution is -0.152. The van der Waals surface area contributed by atoms with E-state index in [1.165, 1.54) is 34.8 Å². The number of nitrogens with zero attached hydrogens (tertiary/aromatic N) is 2. The largest absolute Gasteiger partial charge is 0.478 e. The molecule has 1 aliphatic heterocycles. The first kappa shape index (κ1) is 24.3. The van der Waals surface area contributed by atoms with Crippen LogP contribution in [0.2, 0.25) is 0 Å². The molecule has 0 atom stereocenters. The monoisotopic (exact) mass is 486 g/mol. The van der Waals surface area contributed by atoms with Gasteiger partial charge in [-0.05, 0) is 67.5 Å². The molecule has 0 bridgehead atoms. The number of hydrogen-bond donors (Lipinski definition) is 1. The number of aliphatic carboxylic acids is 1. The third kappa shape index (κ3) is 5.62. The van der Waals surface area contributed by atoms with E-state index in [-0.39, 0.29) is 5.56 Å². The highest BCUT2D eigenvalue weighted by atomic mass is 32.1. The van der Waals surface area contributed by atoms with Crippen molar-refractivity contribution >= 4 is 17.5 Å². The van der Waals surface area contributed by atoms with Gasteiger partial charge in [-0.3, -0.25) is 4.90 Å². The average molecular weight is 487 g/mol. The summed E-state index contributed by atoms with van der Waals surface area (Å²) in [5.41, 5.74) is 2.77. The second kappa shape index (κ2) is 9.43. The molecule has 0 fully saturated rings. The highest BCUT2D eigenvalue weighted by molar-refractivity contribution is 7.06. The first-order valence-electron chi connectivity index (χ1n) is 11.2. The van der Waals surface area contributed by atoms with E-state index in [1.54, 1.807) is 26.0 Å². The van der Waals surface area contributed by atoms with Crippen molar-refractivity contribution in [3.63, 3.8) is 0 Å². The van der Waals surface area contributed by atoms with Gasteiger partial charge in [0.25, 0.3) is 5.92 Å². The van der Waals surface area contributed by atoms with Crippen LogP contribution in [0, 0.1) is 0 Å². The van der Waals surface area contributed by atoms with Gasteiger partial charge in [-0.25, -0.2) is 13.6 Å². The Balaban J connectivity index is 1.39. The molecule has 180 valence electrons. The van der Waals surface area contributed by atoms with E-state index < -0.39 is 17.5 Å². The minimum atomic E-state index is -2.85. The first-order valence-corrected chi connectivity index (χ1v) is 12.0. The van der Waals surface area contributed by atoms with Crippen LogP contribution in [0.25, 0.3) is 11.3 Å². The Labute approximate surface area is 202 Å². The molecular formula is C26H28F2N2O3S. The predicted octanol–water partition coefficient (Wildman–Crippen LogP) is 5.76. The quantitative estimate of drug-likeness (QED) is 0.460. The zero-order valence-electron chi connectivity index (χ0n) is 19.5. The number of halogens is 2. The van der Waals surface area contributed by atoms with Crippen LogP contribution in [0.5, 0.6) is 5.75 Å². The summed E-state index contributed by atoms with van der Waals surface area (Å²) in [4.78, 5) is 14.9. The fourth-order valence-corrected chi connectivity index (χ4v) is 4.76. The van der Waals surface area contributed by atoms with Gasteiger partial charge < -0.3 is 9.84 Å². The number of alkyl halides is 2. The molecule has 1 N–H and O–H groups in total. The number of rotatable bonds is 7. The van der Waals surface area contributed by atoms with E-state index in [2.05, 4.69) is 9.27 Å². The molecule has 5 nitrogen and oxygen atoms in total. The third-order valence-corrected chi connectivity index (χ3v) is 6.86. The summed E-state index contributed by atoms with van der Waals surface area (Å²) in [6, 6.07) is 14.2. The van der Waals surface area contributed by atoms with Crippen LogP contribution in [0.4, 0.5) is 8.78 Å². The van der Waals surface area contributed by atoms with Crippen LogP contribution in [0.3, 0.4) is 0 Å². The van der Waals surface area contributed by atoms with Crippen molar-refractivity contribution in [3.05, 3.63) is 70.1 Å². The van der Waals surface area contributed by atoms with Crippen LogP contribution in [0.15, 0.2) is 48.5 Å². The molecular weight excluding hydrogens is 458 g/mol. The molecule has 0 radical (unpaired) electrons. The van der Waals surface area contributed by atoms with Crippen LogP contribution < -0.4 is 4.74 Å². The van der Waals surface area contributed by atoms with E-state index in [0.717, 1.165) is 55.5 Å². The van der Waals surface area contributed by atoms with Gasteiger partial charge in [0.2, 0.25) is 0 Å². The van der Waals surface area contributed by atoms with Crippen LogP contribution in [-0.4, -0.2) is 39.0 Å². The topological polar surface area (TPSA) is 62.7 Å². The van der Waals surface area contributed by atoms with Gasteiger partial charge in [0.1, 0.15) is 5.75 Å². The van der Waals surface area contributed by atoms with Gasteiger partial charge in [0, 0.05) is 42.6 Å². The van der Waals surface area contributed by atoms with Gasteiger partial charge in [-0.2, -0.15) is 4.37 Å². The molecule has 2 heterocycles. The first-order chi connectivity index (χ1) is 16.0. The second-order valence-corrected chi connectivity index (χ2v) is 10.2. The van der Waals surface area contributed by atoms with Crippen molar-refractivity contribution in [2.45, 2.75) is 51.7 Å². The van der Waals surface area contributed by atoms with Crippen molar-refractivity contribution in [2.75, 3.05) is 13.1 Å². The molecule has 8 heteroatoms. The molecule has 34 heavy (non-hydrogen) atoms. The summed E-state index contributed by atoms with van der Waals surface area (Å²) in [5, 5.41) is 9.31. The average Bonchev–Trinajstić information content (AvgIpc) is 3.15. The van der Waals surface area contributed by atoms with Gasteiger partial charge in [0.05, 0.1) is 5.69 Å². The van der Waals surface area contributed by atoms with E-state index in [1.807, 2.05) is 24.3 Å². The summed E-state index contributed by atoms with van der Waals surface area (Å²) >= 11 is 1.43. The zero-order valence-corrected chi connectivity index (χ0v) is 20.3. The normalized spacial score (nSPS) is 15.0. The molecule has 2 aromatic carbocycles. The second-order valence-electron chi connectivity index (χ2n) is 9.27. The van der Waals surface area contributed by atoms with Gasteiger partial charge >= 0.3 is 5.97 Å². The number of ether oxygens (including phenoxy) is 1. The lowest BCUT2D eigenvalue weighted by Crippen LogP contribution is -2.37. The van der Waals surface area contributed by atoms with E-state index >= 15 is 0 Å². The fraction of sp³-hybridized carbons (Fsp3) is 0.385. The highest BCUT2D eigenvalue weighted by Crippen LogP contribution is 2.30. The zero-order chi connectivity index (χ0) is 24.5. The number of hydrogen-bond acceptors (Lipinski definition) is 5. The number of fused-ring (bicyclic) bond motifs is 1. The molecule has 4 rings (SSSR count). The summed E-state index contributed by atoms with van der Waals surface area (Å²) in [7, 11) is 0. The minimum absolute atomic E-state index is 0.00378. The van der Waals surface area contributed by atoms with Crippen LogP contribution in [-0.2, 0) is 30.1 Å². The maximum absolute atomic E-state index is 13.5. The van der Waals surface area contributed by atoms with Crippen LogP contribution in [0.1, 0.15) is 42.3 Å². The molecule has 0 aliphatic carbocycles. The summed E-state index contributed by atoms with van der Waals surface area (Å²) in [6.45, 7) is 6.52. The van der Waals surface area contributed by atoms with Crippen LogP contribution >= 0.6 is 11.5 Å². The summed E-state index contributed by atoms with van der Waals surface area (Å²) in [5.74, 6) is -3.29. The maximum atomic E-state index is 13.5. The Kier molecular flexibility index (Phi) is 6.73. The molecule has 1 aromatic heterocycles. The smallest absolute Gasteiger partial charge is 0.347 e. The number of carboxylic acids is 1. The molecule has 3 aromatic rings. The Bertz CT molecular complexity index is 1170. The molecule has 0 amide bonds. The Hall–Kier alpha value is -2.84. The standard InChI is InChI=1S/C26H28F2N2O3S/c1-25(2,24(31)32)33-21-9-6-17-10-12-30(13-11-19(17)14-21)16-22-15-23(29-34-22)18-4-7-20(8-5-18)26(3,27)28/h4-9,14-15H,10-13,16H2,1-3H3,(H,31,32). The number of benzene rings is 2. The van der Waals surface area contributed by atoms with Crippen molar-refractivity contribution in [1.82, 2.24) is 9.27 Å². The van der Waals surface area contributed by atoms with E-state index in [0.29, 0.717) is 5.75 Å². The Morgan fingerprint density at radius 1 is 1.06 bits per heavy atom. The lowest BCUT2D eigenvalue weighted by Gasteiger charge is -2.22. The number of aromatic nitrogens is 1. The molecule has 0 saturated carbocycles. The Morgan fingerprint density at radius 2 is 1.74 bits per heavy atom. The van der Waals surface area contributed by atoms with Gasteiger partial charge in [-0.15, -0.1) is 0 Å². The Morgan fingerprint density at radius 3 is 2.38 bits per heavy atom. The van der Waals surface area contributed by atoms with Crippen molar-refractivity contribution < 1.29 is 23.4 Å². The molecule has 0 unspecified atom stereocenters. The van der Waals surface area contributed by atoms with Gasteiger partial charge in [-0.1, -0.05) is 30.3 Å². The number of carbonyl (C=O) groups is 1. The van der Waals surface area contributed by atoms with E-state index in [4.69, 9.17) is 4.74 Å². The third-order valence-electron chi connectivity index (χ3n) is 6.09. The SMILES string of the molecule is CC(C)(Oc1ccc2c(c1)CCN(Cc1cc(-c3ccc(C(C)(F)F)cc3)ns1)CC2)C(=O)O. The van der Waals surface area contributed by atoms with Crippen molar-refractivity contribution in [2.24, 2.45) is 0 Å². The van der Waals surface area contributed by atoms with Crippen molar-refractivity contribution in [1.29, 1.82) is 0 Å².